The van der Waals surface area contributed by atoms with Crippen LogP contribution in [0.15, 0.2) is 54.5 Å². The molecular formula is C16H13NO2. The van der Waals surface area contributed by atoms with Gasteiger partial charge in [-0.05, 0) is 11.6 Å². The summed E-state index contributed by atoms with van der Waals surface area (Å²) in [7, 11) is 1.65. The van der Waals surface area contributed by atoms with E-state index in [-0.39, 0.29) is 0 Å². The lowest BCUT2D eigenvalue weighted by atomic mass is 9.92. The van der Waals surface area contributed by atoms with Crippen molar-refractivity contribution in [2.75, 3.05) is 18.7 Å². The molecule has 0 saturated heterocycles. The number of hydrogen-bond acceptors (Lipinski definition) is 3. The van der Waals surface area contributed by atoms with Gasteiger partial charge in [-0.25, -0.2) is 0 Å². The van der Waals surface area contributed by atoms with Crippen LogP contribution in [0.3, 0.4) is 0 Å². The summed E-state index contributed by atoms with van der Waals surface area (Å²) in [6.07, 6.45) is 0. The molecule has 4 rings (SSSR count). The SMILES string of the molecule is COC1=C2c3ccccc3-c3ccccc3N2CO1. The molecule has 0 spiro atoms. The van der Waals surface area contributed by atoms with Crippen molar-refractivity contribution in [3.63, 3.8) is 0 Å². The second-order valence-corrected chi connectivity index (χ2v) is 4.60. The molecule has 3 heteroatoms. The molecule has 94 valence electrons. The molecule has 3 nitrogen and oxygen atoms in total. The lowest BCUT2D eigenvalue weighted by Crippen LogP contribution is -2.22. The van der Waals surface area contributed by atoms with Crippen LogP contribution in [-0.2, 0) is 9.47 Å². The molecule has 2 aliphatic rings. The zero-order chi connectivity index (χ0) is 12.8. The van der Waals surface area contributed by atoms with Crippen LogP contribution in [-0.4, -0.2) is 13.8 Å². The van der Waals surface area contributed by atoms with Gasteiger partial charge >= 0.3 is 5.95 Å². The monoisotopic (exact) mass is 251 g/mol. The third-order valence-corrected chi connectivity index (χ3v) is 3.64. The number of rotatable bonds is 1. The van der Waals surface area contributed by atoms with Crippen molar-refractivity contribution in [2.24, 2.45) is 0 Å². The second kappa shape index (κ2) is 3.79. The fraction of sp³-hybridized carbons (Fsp3) is 0.125. The zero-order valence-corrected chi connectivity index (χ0v) is 10.6. The molecule has 2 aromatic carbocycles. The van der Waals surface area contributed by atoms with Gasteiger partial charge in [-0.3, -0.25) is 0 Å². The fourth-order valence-electron chi connectivity index (χ4n) is 2.83. The maximum Gasteiger partial charge on any atom is 0.306 e. The smallest absolute Gasteiger partial charge is 0.306 e. The molecule has 0 radical (unpaired) electrons. The van der Waals surface area contributed by atoms with Gasteiger partial charge in [-0.15, -0.1) is 0 Å². The first-order valence-electron chi connectivity index (χ1n) is 6.27. The largest absolute Gasteiger partial charge is 0.467 e. The summed E-state index contributed by atoms with van der Waals surface area (Å²) < 4.78 is 11.0. The molecule has 0 saturated carbocycles. The van der Waals surface area contributed by atoms with Crippen LogP contribution in [0.4, 0.5) is 5.69 Å². The molecule has 0 amide bonds. The Labute approximate surface area is 111 Å². The first kappa shape index (κ1) is 10.5. The summed E-state index contributed by atoms with van der Waals surface area (Å²) in [6.45, 7) is 0.504. The van der Waals surface area contributed by atoms with E-state index in [1.54, 1.807) is 7.11 Å². The summed E-state index contributed by atoms with van der Waals surface area (Å²) in [5, 5.41) is 0. The minimum atomic E-state index is 0.504. The van der Waals surface area contributed by atoms with Gasteiger partial charge in [-0.2, -0.15) is 0 Å². The van der Waals surface area contributed by atoms with Gasteiger partial charge in [0.15, 0.2) is 6.73 Å². The molecule has 0 N–H and O–H groups in total. The minimum absolute atomic E-state index is 0.504. The Morgan fingerprint density at radius 2 is 1.63 bits per heavy atom. The molecule has 2 aliphatic heterocycles. The maximum absolute atomic E-state index is 5.65. The van der Waals surface area contributed by atoms with Crippen molar-refractivity contribution < 1.29 is 9.47 Å². The Morgan fingerprint density at radius 1 is 0.947 bits per heavy atom. The van der Waals surface area contributed by atoms with Crippen molar-refractivity contribution in [2.45, 2.75) is 0 Å². The van der Waals surface area contributed by atoms with Gasteiger partial charge in [-0.1, -0.05) is 42.5 Å². The predicted octanol–water partition coefficient (Wildman–Crippen LogP) is 3.43. The highest BCUT2D eigenvalue weighted by atomic mass is 16.7. The number of anilines is 1. The van der Waals surface area contributed by atoms with Crippen LogP contribution < -0.4 is 4.90 Å². The van der Waals surface area contributed by atoms with Crippen LogP contribution in [0.5, 0.6) is 0 Å². The normalized spacial score (nSPS) is 15.5. The standard InChI is InChI=1S/C16H13NO2/c1-18-16-15-13-8-3-2-6-11(13)12-7-4-5-9-14(12)17(15)10-19-16/h2-9H,10H2,1H3. The maximum atomic E-state index is 5.65. The Hall–Kier alpha value is -2.42. The van der Waals surface area contributed by atoms with Crippen molar-refractivity contribution in [3.05, 3.63) is 60.0 Å². The molecule has 0 unspecified atom stereocenters. The molecule has 0 fully saturated rings. The van der Waals surface area contributed by atoms with Gasteiger partial charge in [0.2, 0.25) is 0 Å². The summed E-state index contributed by atoms with van der Waals surface area (Å²) >= 11 is 0. The van der Waals surface area contributed by atoms with Gasteiger partial charge in [0.1, 0.15) is 5.70 Å². The molecule has 0 atom stereocenters. The van der Waals surface area contributed by atoms with E-state index in [1.165, 1.54) is 16.8 Å². The van der Waals surface area contributed by atoms with E-state index in [4.69, 9.17) is 9.47 Å². The van der Waals surface area contributed by atoms with Gasteiger partial charge < -0.3 is 14.4 Å². The first-order valence-corrected chi connectivity index (χ1v) is 6.27. The van der Waals surface area contributed by atoms with E-state index in [9.17, 15) is 0 Å². The predicted molar refractivity (Wildman–Crippen MR) is 74.2 cm³/mol. The van der Waals surface area contributed by atoms with E-state index in [2.05, 4.69) is 47.4 Å². The van der Waals surface area contributed by atoms with Crippen LogP contribution in [0, 0.1) is 0 Å². The number of hydrogen-bond donors (Lipinski definition) is 0. The number of nitrogens with zero attached hydrogens (tertiary/aromatic N) is 1. The summed E-state index contributed by atoms with van der Waals surface area (Å²) in [6, 6.07) is 16.7. The molecule has 0 aromatic heterocycles. The zero-order valence-electron chi connectivity index (χ0n) is 10.6. The van der Waals surface area contributed by atoms with Crippen LogP contribution in [0.25, 0.3) is 16.8 Å². The highest BCUT2D eigenvalue weighted by Crippen LogP contribution is 2.47. The Kier molecular flexibility index (Phi) is 2.09. The average molecular weight is 251 g/mol. The molecular weight excluding hydrogens is 238 g/mol. The highest BCUT2D eigenvalue weighted by molar-refractivity contribution is 5.99. The lowest BCUT2D eigenvalue weighted by Gasteiger charge is -2.29. The van der Waals surface area contributed by atoms with Gasteiger partial charge in [0.25, 0.3) is 0 Å². The van der Waals surface area contributed by atoms with E-state index in [1.807, 2.05) is 6.07 Å². The summed E-state index contributed by atoms with van der Waals surface area (Å²) in [5.74, 6) is 0.599. The van der Waals surface area contributed by atoms with E-state index in [0.717, 1.165) is 11.3 Å². The van der Waals surface area contributed by atoms with Gasteiger partial charge in [0, 0.05) is 11.1 Å². The number of methoxy groups -OCH3 is 1. The van der Waals surface area contributed by atoms with E-state index in [0.29, 0.717) is 12.7 Å². The molecule has 2 heterocycles. The Morgan fingerprint density at radius 3 is 2.42 bits per heavy atom. The molecule has 2 aromatic rings. The fourth-order valence-corrected chi connectivity index (χ4v) is 2.83. The van der Waals surface area contributed by atoms with Crippen molar-refractivity contribution in [1.29, 1.82) is 0 Å². The number of para-hydroxylation sites is 1. The van der Waals surface area contributed by atoms with Crippen LogP contribution in [0.2, 0.25) is 0 Å². The lowest BCUT2D eigenvalue weighted by molar-refractivity contribution is 0.0846. The van der Waals surface area contributed by atoms with Crippen molar-refractivity contribution in [3.8, 4) is 11.1 Å². The topological polar surface area (TPSA) is 21.7 Å². The molecule has 0 bridgehead atoms. The van der Waals surface area contributed by atoms with Crippen LogP contribution in [0.1, 0.15) is 5.56 Å². The summed E-state index contributed by atoms with van der Waals surface area (Å²) in [4.78, 5) is 2.16. The van der Waals surface area contributed by atoms with Gasteiger partial charge in [0.05, 0.1) is 12.8 Å². The third kappa shape index (κ3) is 1.32. The first-order chi connectivity index (χ1) is 9.40. The minimum Gasteiger partial charge on any atom is -0.467 e. The van der Waals surface area contributed by atoms with Crippen molar-refractivity contribution >= 4 is 11.4 Å². The number of fused-ring (bicyclic) bond motifs is 6. The number of benzene rings is 2. The van der Waals surface area contributed by atoms with E-state index >= 15 is 0 Å². The van der Waals surface area contributed by atoms with E-state index < -0.39 is 0 Å². The average Bonchev–Trinajstić information content (AvgIpc) is 2.92. The third-order valence-electron chi connectivity index (χ3n) is 3.64. The van der Waals surface area contributed by atoms with Crippen LogP contribution >= 0.6 is 0 Å². The quantitative estimate of drug-likeness (QED) is 0.775. The summed E-state index contributed by atoms with van der Waals surface area (Å²) in [5.41, 5.74) is 5.82. The highest BCUT2D eigenvalue weighted by Gasteiger charge is 2.34. The van der Waals surface area contributed by atoms with Crippen molar-refractivity contribution in [1.82, 2.24) is 0 Å². The molecule has 0 aliphatic carbocycles. The second-order valence-electron chi connectivity index (χ2n) is 4.60. The molecule has 19 heavy (non-hydrogen) atoms. The Balaban J connectivity index is 2.08. The Bertz CT molecular complexity index is 691. The number of ether oxygens (including phenoxy) is 2.